The summed E-state index contributed by atoms with van der Waals surface area (Å²) in [5.74, 6) is 0. The third-order valence-corrected chi connectivity index (χ3v) is 2.18. The van der Waals surface area contributed by atoms with Crippen molar-refractivity contribution in [3.05, 3.63) is 15.5 Å². The molecule has 0 spiro atoms. The minimum absolute atomic E-state index is 0.696. The zero-order valence-electron chi connectivity index (χ0n) is 5.84. The summed E-state index contributed by atoms with van der Waals surface area (Å²) in [4.78, 5) is 0. The van der Waals surface area contributed by atoms with Crippen LogP contribution < -0.4 is 5.73 Å². The van der Waals surface area contributed by atoms with E-state index in [0.29, 0.717) is 6.54 Å². The van der Waals surface area contributed by atoms with Gasteiger partial charge in [-0.25, -0.2) is 0 Å². The number of rotatable bonds is 2. The highest BCUT2D eigenvalue weighted by molar-refractivity contribution is 14.1. The van der Waals surface area contributed by atoms with E-state index in [4.69, 9.17) is 5.73 Å². The van der Waals surface area contributed by atoms with Gasteiger partial charge >= 0.3 is 0 Å². The Balaban J connectivity index is 2.81. The standard InChI is InChI=1S/C6H10IN3/c1-10-4-5(2-3-8)6(7)9-10/h4H,2-3,8H2,1H3. The molecule has 0 unspecified atom stereocenters. The van der Waals surface area contributed by atoms with Gasteiger partial charge in [0.05, 0.1) is 0 Å². The minimum atomic E-state index is 0.696. The third-order valence-electron chi connectivity index (χ3n) is 1.27. The van der Waals surface area contributed by atoms with Crippen molar-refractivity contribution < 1.29 is 0 Å². The molecule has 4 heteroatoms. The Morgan fingerprint density at radius 2 is 2.50 bits per heavy atom. The van der Waals surface area contributed by atoms with Crippen molar-refractivity contribution in [3.8, 4) is 0 Å². The lowest BCUT2D eigenvalue weighted by Crippen LogP contribution is -2.02. The van der Waals surface area contributed by atoms with Crippen molar-refractivity contribution in [2.75, 3.05) is 6.54 Å². The topological polar surface area (TPSA) is 43.8 Å². The van der Waals surface area contributed by atoms with Crippen LogP contribution in [-0.2, 0) is 13.5 Å². The van der Waals surface area contributed by atoms with Crippen molar-refractivity contribution in [1.82, 2.24) is 9.78 Å². The van der Waals surface area contributed by atoms with Gasteiger partial charge in [-0.3, -0.25) is 4.68 Å². The molecule has 0 saturated heterocycles. The van der Waals surface area contributed by atoms with Gasteiger partial charge in [0, 0.05) is 18.8 Å². The van der Waals surface area contributed by atoms with Crippen LogP contribution in [0.1, 0.15) is 5.56 Å². The highest BCUT2D eigenvalue weighted by atomic mass is 127. The molecular weight excluding hydrogens is 241 g/mol. The largest absolute Gasteiger partial charge is 0.330 e. The average Bonchev–Trinajstić information content (AvgIpc) is 2.13. The molecule has 0 amide bonds. The maximum atomic E-state index is 5.40. The van der Waals surface area contributed by atoms with Crippen LogP contribution in [-0.4, -0.2) is 16.3 Å². The van der Waals surface area contributed by atoms with E-state index >= 15 is 0 Å². The molecule has 0 radical (unpaired) electrons. The molecule has 1 heterocycles. The van der Waals surface area contributed by atoms with E-state index in [9.17, 15) is 0 Å². The van der Waals surface area contributed by atoms with Gasteiger partial charge in [-0.15, -0.1) is 0 Å². The van der Waals surface area contributed by atoms with E-state index < -0.39 is 0 Å². The van der Waals surface area contributed by atoms with Gasteiger partial charge in [-0.05, 0) is 35.6 Å². The Kier molecular flexibility index (Phi) is 2.67. The summed E-state index contributed by atoms with van der Waals surface area (Å²) in [5, 5.41) is 4.18. The molecule has 0 aliphatic heterocycles. The van der Waals surface area contributed by atoms with Gasteiger partial charge in [0.25, 0.3) is 0 Å². The van der Waals surface area contributed by atoms with E-state index in [1.54, 1.807) is 0 Å². The van der Waals surface area contributed by atoms with E-state index in [-0.39, 0.29) is 0 Å². The second kappa shape index (κ2) is 3.34. The normalized spacial score (nSPS) is 10.3. The molecule has 1 aromatic rings. The highest BCUT2D eigenvalue weighted by Gasteiger charge is 2.01. The molecular formula is C6H10IN3. The number of nitrogens with two attached hydrogens (primary N) is 1. The van der Waals surface area contributed by atoms with Gasteiger partial charge in [0.15, 0.2) is 0 Å². The van der Waals surface area contributed by atoms with Crippen LogP contribution in [0.5, 0.6) is 0 Å². The fourth-order valence-electron chi connectivity index (χ4n) is 0.834. The smallest absolute Gasteiger partial charge is 0.126 e. The molecule has 0 saturated carbocycles. The molecule has 0 bridgehead atoms. The summed E-state index contributed by atoms with van der Waals surface area (Å²) in [6, 6.07) is 0. The van der Waals surface area contributed by atoms with Crippen LogP contribution in [0.2, 0.25) is 0 Å². The Hall–Kier alpha value is -0.100. The van der Waals surface area contributed by atoms with Crippen LogP contribution in [0.25, 0.3) is 0 Å². The Morgan fingerprint density at radius 1 is 1.80 bits per heavy atom. The molecule has 0 aliphatic rings. The van der Waals surface area contributed by atoms with Crippen LogP contribution in [0, 0.1) is 3.70 Å². The maximum Gasteiger partial charge on any atom is 0.126 e. The zero-order chi connectivity index (χ0) is 7.56. The van der Waals surface area contributed by atoms with E-state index in [0.717, 1.165) is 10.1 Å². The minimum Gasteiger partial charge on any atom is -0.330 e. The lowest BCUT2D eigenvalue weighted by molar-refractivity contribution is 0.759. The summed E-state index contributed by atoms with van der Waals surface area (Å²) in [6.45, 7) is 0.696. The first-order valence-corrected chi connectivity index (χ1v) is 4.20. The molecule has 0 aromatic carbocycles. The van der Waals surface area contributed by atoms with Crippen LogP contribution >= 0.6 is 22.6 Å². The molecule has 10 heavy (non-hydrogen) atoms. The van der Waals surface area contributed by atoms with Gasteiger partial charge in [0.2, 0.25) is 0 Å². The quantitative estimate of drug-likeness (QED) is 0.779. The van der Waals surface area contributed by atoms with Crippen LogP contribution in [0.3, 0.4) is 0 Å². The molecule has 0 fully saturated rings. The fraction of sp³-hybridized carbons (Fsp3) is 0.500. The number of halogens is 1. The number of hydrogen-bond donors (Lipinski definition) is 1. The Labute approximate surface area is 73.7 Å². The van der Waals surface area contributed by atoms with Crippen molar-refractivity contribution in [2.24, 2.45) is 12.8 Å². The second-order valence-electron chi connectivity index (χ2n) is 2.16. The monoisotopic (exact) mass is 251 g/mol. The average molecular weight is 251 g/mol. The van der Waals surface area contributed by atoms with Gasteiger partial charge in [-0.2, -0.15) is 5.10 Å². The first-order valence-electron chi connectivity index (χ1n) is 3.12. The second-order valence-corrected chi connectivity index (χ2v) is 3.18. The van der Waals surface area contributed by atoms with E-state index in [1.807, 2.05) is 17.9 Å². The predicted molar refractivity (Wildman–Crippen MR) is 48.7 cm³/mol. The van der Waals surface area contributed by atoms with Crippen molar-refractivity contribution in [1.29, 1.82) is 0 Å². The number of hydrogen-bond acceptors (Lipinski definition) is 2. The maximum absolute atomic E-state index is 5.40. The number of aryl methyl sites for hydroxylation is 1. The summed E-state index contributed by atoms with van der Waals surface area (Å²) in [6.07, 6.45) is 2.93. The zero-order valence-corrected chi connectivity index (χ0v) is 8.00. The Bertz CT molecular complexity index is 219. The van der Waals surface area contributed by atoms with Crippen LogP contribution in [0.4, 0.5) is 0 Å². The van der Waals surface area contributed by atoms with Crippen molar-refractivity contribution in [2.45, 2.75) is 6.42 Å². The molecule has 1 aromatic heterocycles. The van der Waals surface area contributed by atoms with Crippen molar-refractivity contribution >= 4 is 22.6 Å². The predicted octanol–water partition coefficient (Wildman–Crippen LogP) is 0.526. The van der Waals surface area contributed by atoms with Gasteiger partial charge < -0.3 is 5.73 Å². The Morgan fingerprint density at radius 3 is 2.90 bits per heavy atom. The molecule has 0 aliphatic carbocycles. The lowest BCUT2D eigenvalue weighted by atomic mass is 10.3. The van der Waals surface area contributed by atoms with Crippen LogP contribution in [0.15, 0.2) is 6.20 Å². The summed E-state index contributed by atoms with van der Waals surface area (Å²) in [7, 11) is 1.92. The summed E-state index contributed by atoms with van der Waals surface area (Å²) in [5.41, 5.74) is 6.64. The molecule has 1 rings (SSSR count). The highest BCUT2D eigenvalue weighted by Crippen LogP contribution is 2.08. The van der Waals surface area contributed by atoms with E-state index in [1.165, 1.54) is 5.56 Å². The van der Waals surface area contributed by atoms with Gasteiger partial charge in [-0.1, -0.05) is 0 Å². The first kappa shape index (κ1) is 8.00. The first-order chi connectivity index (χ1) is 4.74. The number of aromatic nitrogens is 2. The lowest BCUT2D eigenvalue weighted by Gasteiger charge is -1.89. The van der Waals surface area contributed by atoms with Gasteiger partial charge in [0.1, 0.15) is 3.70 Å². The number of nitrogens with zero attached hydrogens (tertiary/aromatic N) is 2. The third kappa shape index (κ3) is 1.69. The van der Waals surface area contributed by atoms with Crippen molar-refractivity contribution in [3.63, 3.8) is 0 Å². The molecule has 0 atom stereocenters. The van der Waals surface area contributed by atoms with E-state index in [2.05, 4.69) is 27.7 Å². The summed E-state index contributed by atoms with van der Waals surface area (Å²) < 4.78 is 2.87. The fourth-order valence-corrected chi connectivity index (χ4v) is 1.58. The SMILES string of the molecule is Cn1cc(CCN)c(I)n1. The summed E-state index contributed by atoms with van der Waals surface area (Å²) >= 11 is 2.22. The molecule has 2 N–H and O–H groups in total. The molecule has 3 nitrogen and oxygen atoms in total. The molecule has 56 valence electrons.